The first kappa shape index (κ1) is 12.1. The third-order valence-electron chi connectivity index (χ3n) is 3.02. The first-order chi connectivity index (χ1) is 8.05. The summed E-state index contributed by atoms with van der Waals surface area (Å²) in [7, 11) is -1.85. The molecule has 0 saturated carbocycles. The number of sulfonamides is 1. The number of aryl methyl sites for hydroxylation is 1. The van der Waals surface area contributed by atoms with Gasteiger partial charge in [0.05, 0.1) is 12.3 Å². The highest BCUT2D eigenvalue weighted by Gasteiger charge is 2.30. The van der Waals surface area contributed by atoms with Crippen molar-refractivity contribution in [1.82, 2.24) is 14.1 Å². The van der Waals surface area contributed by atoms with E-state index >= 15 is 0 Å². The number of nitrogens with zero attached hydrogens (tertiary/aromatic N) is 4. The lowest BCUT2D eigenvalue weighted by molar-refractivity contribution is 0.308. The van der Waals surface area contributed by atoms with Crippen LogP contribution in [0, 0.1) is 17.2 Å². The first-order valence-corrected chi connectivity index (χ1v) is 6.87. The standard InChI is InChI=1S/C10H14N4O2S/c1-13-10(2-5-12-13)17(15,16)14-6-3-9(8-11)4-7-14/h2,5,9H,3-4,6-7H2,1H3. The van der Waals surface area contributed by atoms with Crippen molar-refractivity contribution in [2.45, 2.75) is 17.9 Å². The largest absolute Gasteiger partial charge is 0.260 e. The van der Waals surface area contributed by atoms with Gasteiger partial charge in [-0.15, -0.1) is 0 Å². The summed E-state index contributed by atoms with van der Waals surface area (Å²) in [5.74, 6) is -0.0204. The Balaban J connectivity index is 2.19. The maximum Gasteiger partial charge on any atom is 0.260 e. The minimum absolute atomic E-state index is 0.0204. The van der Waals surface area contributed by atoms with Crippen LogP contribution in [0.5, 0.6) is 0 Å². The number of hydrogen-bond donors (Lipinski definition) is 0. The maximum atomic E-state index is 12.2. The molecular weight excluding hydrogens is 240 g/mol. The number of piperidine rings is 1. The Morgan fingerprint density at radius 2 is 2.12 bits per heavy atom. The van der Waals surface area contributed by atoms with E-state index in [9.17, 15) is 8.42 Å². The van der Waals surface area contributed by atoms with Gasteiger partial charge >= 0.3 is 0 Å². The monoisotopic (exact) mass is 254 g/mol. The molecule has 0 radical (unpaired) electrons. The predicted octanol–water partition coefficient (Wildman–Crippen LogP) is 0.344. The molecule has 0 amide bonds. The lowest BCUT2D eigenvalue weighted by Crippen LogP contribution is -2.38. The van der Waals surface area contributed by atoms with Gasteiger partial charge in [-0.05, 0) is 18.9 Å². The Hall–Kier alpha value is -1.39. The quantitative estimate of drug-likeness (QED) is 0.762. The second-order valence-electron chi connectivity index (χ2n) is 4.10. The van der Waals surface area contributed by atoms with Crippen LogP contribution in [0.25, 0.3) is 0 Å². The molecule has 1 aliphatic rings. The fourth-order valence-corrected chi connectivity index (χ4v) is 3.54. The topological polar surface area (TPSA) is 79.0 Å². The number of hydrogen-bond acceptors (Lipinski definition) is 4. The number of aromatic nitrogens is 2. The predicted molar refractivity (Wildman–Crippen MR) is 60.3 cm³/mol. The molecule has 0 atom stereocenters. The van der Waals surface area contributed by atoms with Crippen molar-refractivity contribution in [2.75, 3.05) is 13.1 Å². The second-order valence-corrected chi connectivity index (χ2v) is 5.99. The van der Waals surface area contributed by atoms with Crippen LogP contribution in [0.4, 0.5) is 0 Å². The van der Waals surface area contributed by atoms with Crippen molar-refractivity contribution in [3.8, 4) is 6.07 Å². The Kier molecular flexibility index (Phi) is 3.17. The fourth-order valence-electron chi connectivity index (χ4n) is 1.97. The third kappa shape index (κ3) is 2.18. The van der Waals surface area contributed by atoms with Crippen molar-refractivity contribution in [2.24, 2.45) is 13.0 Å². The normalized spacial score (nSPS) is 19.1. The molecule has 0 unspecified atom stereocenters. The van der Waals surface area contributed by atoms with Crippen LogP contribution in [0.1, 0.15) is 12.8 Å². The van der Waals surface area contributed by atoms with Crippen LogP contribution < -0.4 is 0 Å². The van der Waals surface area contributed by atoms with Crippen LogP contribution in [0.3, 0.4) is 0 Å². The Labute approximate surface area is 101 Å². The highest BCUT2D eigenvalue weighted by atomic mass is 32.2. The molecule has 0 bridgehead atoms. The minimum atomic E-state index is -3.46. The molecule has 0 N–H and O–H groups in total. The molecule has 0 aliphatic carbocycles. The van der Waals surface area contributed by atoms with Crippen LogP contribution in [-0.4, -0.2) is 35.6 Å². The first-order valence-electron chi connectivity index (χ1n) is 5.43. The zero-order chi connectivity index (χ0) is 12.5. The molecule has 1 aromatic heterocycles. The highest BCUT2D eigenvalue weighted by molar-refractivity contribution is 7.89. The second kappa shape index (κ2) is 4.47. The van der Waals surface area contributed by atoms with E-state index in [1.807, 2.05) is 0 Å². The van der Waals surface area contributed by atoms with Gasteiger partial charge in [0.1, 0.15) is 0 Å². The Morgan fingerprint density at radius 1 is 1.47 bits per heavy atom. The van der Waals surface area contributed by atoms with E-state index in [0.29, 0.717) is 25.9 Å². The van der Waals surface area contributed by atoms with Gasteiger partial charge in [0.25, 0.3) is 10.0 Å². The Morgan fingerprint density at radius 3 is 2.59 bits per heavy atom. The van der Waals surface area contributed by atoms with E-state index in [1.54, 1.807) is 7.05 Å². The number of nitriles is 1. The van der Waals surface area contributed by atoms with Crippen molar-refractivity contribution >= 4 is 10.0 Å². The summed E-state index contributed by atoms with van der Waals surface area (Å²) in [5.41, 5.74) is 0. The summed E-state index contributed by atoms with van der Waals surface area (Å²) in [6, 6.07) is 3.67. The molecule has 17 heavy (non-hydrogen) atoms. The van der Waals surface area contributed by atoms with E-state index < -0.39 is 10.0 Å². The van der Waals surface area contributed by atoms with Crippen LogP contribution in [0.15, 0.2) is 17.3 Å². The Bertz CT molecular complexity index is 535. The van der Waals surface area contributed by atoms with Gasteiger partial charge in [-0.1, -0.05) is 0 Å². The molecule has 92 valence electrons. The third-order valence-corrected chi connectivity index (χ3v) is 4.99. The molecule has 0 spiro atoms. The van der Waals surface area contributed by atoms with Crippen LogP contribution in [0.2, 0.25) is 0 Å². The molecule has 6 nitrogen and oxygen atoms in total. The molecule has 1 saturated heterocycles. The average Bonchev–Trinajstić information content (AvgIpc) is 2.76. The van der Waals surface area contributed by atoms with Gasteiger partial charge in [0.2, 0.25) is 0 Å². The number of rotatable bonds is 2. The summed E-state index contributed by atoms with van der Waals surface area (Å²) < 4.78 is 27.3. The molecular formula is C10H14N4O2S. The van der Waals surface area contributed by atoms with Gasteiger partial charge in [-0.3, -0.25) is 4.68 Å². The summed E-state index contributed by atoms with van der Waals surface area (Å²) in [6.07, 6.45) is 2.68. The van der Waals surface area contributed by atoms with Gasteiger partial charge in [0.15, 0.2) is 5.03 Å². The maximum absolute atomic E-state index is 12.2. The SMILES string of the molecule is Cn1nccc1S(=O)(=O)N1CCC(C#N)CC1. The summed E-state index contributed by atoms with van der Waals surface area (Å²) in [5, 5.41) is 12.8. The van der Waals surface area contributed by atoms with Crippen LogP contribution >= 0.6 is 0 Å². The highest BCUT2D eigenvalue weighted by Crippen LogP contribution is 2.22. The lowest BCUT2D eigenvalue weighted by Gasteiger charge is -2.28. The van der Waals surface area contributed by atoms with Crippen molar-refractivity contribution in [1.29, 1.82) is 5.26 Å². The summed E-state index contributed by atoms with van der Waals surface area (Å²) >= 11 is 0. The van der Waals surface area contributed by atoms with Gasteiger partial charge < -0.3 is 0 Å². The van der Waals surface area contributed by atoms with Gasteiger partial charge in [-0.2, -0.15) is 14.7 Å². The van der Waals surface area contributed by atoms with Crippen molar-refractivity contribution in [3.05, 3.63) is 12.3 Å². The molecule has 0 aromatic carbocycles. The van der Waals surface area contributed by atoms with E-state index in [2.05, 4.69) is 11.2 Å². The summed E-state index contributed by atoms with van der Waals surface area (Å²) in [4.78, 5) is 0. The zero-order valence-corrected chi connectivity index (χ0v) is 10.4. The van der Waals surface area contributed by atoms with Gasteiger partial charge in [0, 0.05) is 26.1 Å². The molecule has 1 aromatic rings. The van der Waals surface area contributed by atoms with Crippen molar-refractivity contribution < 1.29 is 8.42 Å². The van der Waals surface area contributed by atoms with Crippen LogP contribution in [-0.2, 0) is 17.1 Å². The van der Waals surface area contributed by atoms with Gasteiger partial charge in [-0.25, -0.2) is 8.42 Å². The zero-order valence-electron chi connectivity index (χ0n) is 9.57. The van der Waals surface area contributed by atoms with E-state index in [1.165, 1.54) is 21.3 Å². The molecule has 2 rings (SSSR count). The summed E-state index contributed by atoms with van der Waals surface area (Å²) in [6.45, 7) is 0.817. The van der Waals surface area contributed by atoms with E-state index in [4.69, 9.17) is 5.26 Å². The minimum Gasteiger partial charge on any atom is -0.256 e. The molecule has 1 fully saturated rings. The lowest BCUT2D eigenvalue weighted by atomic mass is 10.0. The van der Waals surface area contributed by atoms with Crippen molar-refractivity contribution in [3.63, 3.8) is 0 Å². The smallest absolute Gasteiger partial charge is 0.256 e. The molecule has 7 heteroatoms. The van der Waals surface area contributed by atoms with E-state index in [0.717, 1.165) is 0 Å². The fraction of sp³-hybridized carbons (Fsp3) is 0.600. The molecule has 2 heterocycles. The van der Waals surface area contributed by atoms with E-state index in [-0.39, 0.29) is 10.9 Å². The molecule has 1 aliphatic heterocycles. The average molecular weight is 254 g/mol.